The molecule has 0 heterocycles. The van der Waals surface area contributed by atoms with E-state index in [1.165, 1.54) is 0 Å². The third-order valence-corrected chi connectivity index (χ3v) is 3.00. The fourth-order valence-electron chi connectivity index (χ4n) is 1.86. The number of hydrogen-bond donors (Lipinski definition) is 1. The summed E-state index contributed by atoms with van der Waals surface area (Å²) in [4.78, 5) is 23.8. The topological polar surface area (TPSA) is 55.4 Å². The van der Waals surface area contributed by atoms with Crippen LogP contribution in [0, 0.1) is 0 Å². The summed E-state index contributed by atoms with van der Waals surface area (Å²) in [5.41, 5.74) is 1.46. The number of alkyl carbamates (subject to hydrolysis) is 1. The second-order valence-electron chi connectivity index (χ2n) is 4.66. The van der Waals surface area contributed by atoms with Crippen molar-refractivity contribution < 1.29 is 14.3 Å². The molecular weight excluding hydrogens is 266 g/mol. The number of carbonyl (C=O) groups excluding carboxylic acids is 2. The first-order valence-corrected chi connectivity index (χ1v) is 6.73. The van der Waals surface area contributed by atoms with Gasteiger partial charge in [0.15, 0.2) is 5.78 Å². The van der Waals surface area contributed by atoms with Crippen molar-refractivity contribution in [3.8, 4) is 0 Å². The van der Waals surface area contributed by atoms with E-state index in [4.69, 9.17) is 4.74 Å². The highest BCUT2D eigenvalue weighted by Gasteiger charge is 2.17. The average molecular weight is 283 g/mol. The predicted molar refractivity (Wildman–Crippen MR) is 80.0 cm³/mol. The SMILES string of the molecule is C[C@@H](NC(=O)OCc1ccccc1)C(=O)c1ccccc1. The van der Waals surface area contributed by atoms with E-state index in [1.54, 1.807) is 31.2 Å². The number of Topliss-reactive ketones (excluding diaryl/α,β-unsaturated/α-hetero) is 1. The van der Waals surface area contributed by atoms with Gasteiger partial charge >= 0.3 is 6.09 Å². The third kappa shape index (κ3) is 4.45. The van der Waals surface area contributed by atoms with Crippen molar-refractivity contribution in [2.45, 2.75) is 19.6 Å². The molecule has 0 aliphatic rings. The van der Waals surface area contributed by atoms with Crippen LogP contribution in [0.2, 0.25) is 0 Å². The molecule has 0 radical (unpaired) electrons. The number of rotatable bonds is 5. The van der Waals surface area contributed by atoms with Crippen LogP contribution >= 0.6 is 0 Å². The lowest BCUT2D eigenvalue weighted by Gasteiger charge is -2.13. The van der Waals surface area contributed by atoms with Gasteiger partial charge in [0.2, 0.25) is 0 Å². The van der Waals surface area contributed by atoms with E-state index in [9.17, 15) is 9.59 Å². The van der Waals surface area contributed by atoms with Gasteiger partial charge in [-0.05, 0) is 12.5 Å². The number of carbonyl (C=O) groups is 2. The first kappa shape index (κ1) is 14.8. The largest absolute Gasteiger partial charge is 0.445 e. The van der Waals surface area contributed by atoms with Crippen molar-refractivity contribution in [2.24, 2.45) is 0 Å². The van der Waals surface area contributed by atoms with Crippen LogP contribution in [0.15, 0.2) is 60.7 Å². The molecule has 0 unspecified atom stereocenters. The maximum absolute atomic E-state index is 12.1. The molecule has 0 fully saturated rings. The van der Waals surface area contributed by atoms with Crippen molar-refractivity contribution in [1.29, 1.82) is 0 Å². The fraction of sp³-hybridized carbons (Fsp3) is 0.176. The van der Waals surface area contributed by atoms with Gasteiger partial charge in [0, 0.05) is 5.56 Å². The number of ether oxygens (including phenoxy) is 1. The monoisotopic (exact) mass is 283 g/mol. The Bertz CT molecular complexity index is 596. The summed E-state index contributed by atoms with van der Waals surface area (Å²) >= 11 is 0. The molecule has 0 aliphatic heterocycles. The van der Waals surface area contributed by atoms with Crippen LogP contribution in [-0.4, -0.2) is 17.9 Å². The zero-order valence-electron chi connectivity index (χ0n) is 11.8. The van der Waals surface area contributed by atoms with Crippen molar-refractivity contribution >= 4 is 11.9 Å². The van der Waals surface area contributed by atoms with E-state index >= 15 is 0 Å². The van der Waals surface area contributed by atoms with Crippen molar-refractivity contribution in [3.05, 3.63) is 71.8 Å². The Kier molecular flexibility index (Phi) is 5.10. The van der Waals surface area contributed by atoms with E-state index in [-0.39, 0.29) is 12.4 Å². The summed E-state index contributed by atoms with van der Waals surface area (Å²) in [5.74, 6) is -0.146. The van der Waals surface area contributed by atoms with E-state index in [1.807, 2.05) is 36.4 Å². The molecular formula is C17H17NO3. The molecule has 108 valence electrons. The quantitative estimate of drug-likeness (QED) is 0.857. The van der Waals surface area contributed by atoms with Crippen molar-refractivity contribution in [1.82, 2.24) is 5.32 Å². The molecule has 0 spiro atoms. The minimum atomic E-state index is -0.629. The normalized spacial score (nSPS) is 11.5. The molecule has 2 rings (SSSR count). The molecule has 2 aromatic carbocycles. The van der Waals surface area contributed by atoms with Gasteiger partial charge in [-0.1, -0.05) is 60.7 Å². The minimum Gasteiger partial charge on any atom is -0.445 e. The third-order valence-electron chi connectivity index (χ3n) is 3.00. The Balaban J connectivity index is 1.83. The molecule has 0 saturated heterocycles. The van der Waals surface area contributed by atoms with Crippen LogP contribution < -0.4 is 5.32 Å². The van der Waals surface area contributed by atoms with E-state index < -0.39 is 12.1 Å². The summed E-state index contributed by atoms with van der Waals surface area (Å²) in [6.45, 7) is 1.82. The standard InChI is InChI=1S/C17H17NO3/c1-13(16(19)15-10-6-3-7-11-15)18-17(20)21-12-14-8-4-2-5-9-14/h2-11,13H,12H2,1H3,(H,18,20)/t13-/m1/s1. The molecule has 21 heavy (non-hydrogen) atoms. The summed E-state index contributed by atoms with van der Waals surface area (Å²) in [6, 6.07) is 17.6. The van der Waals surface area contributed by atoms with Crippen LogP contribution in [0.3, 0.4) is 0 Å². The van der Waals surface area contributed by atoms with E-state index in [2.05, 4.69) is 5.32 Å². The second kappa shape index (κ2) is 7.24. The first-order valence-electron chi connectivity index (χ1n) is 6.73. The summed E-state index contributed by atoms with van der Waals surface area (Å²) in [6.07, 6.45) is -0.601. The number of amides is 1. The lowest BCUT2D eigenvalue weighted by Crippen LogP contribution is -2.38. The molecule has 2 aromatic rings. The van der Waals surface area contributed by atoms with Crippen LogP contribution in [0.5, 0.6) is 0 Å². The van der Waals surface area contributed by atoms with Gasteiger partial charge < -0.3 is 10.1 Å². The van der Waals surface area contributed by atoms with Gasteiger partial charge in [0.25, 0.3) is 0 Å². The molecule has 0 bridgehead atoms. The lowest BCUT2D eigenvalue weighted by molar-refractivity contribution is 0.0926. The maximum atomic E-state index is 12.1. The summed E-state index contributed by atoms with van der Waals surface area (Å²) in [7, 11) is 0. The summed E-state index contributed by atoms with van der Waals surface area (Å²) < 4.78 is 5.08. The van der Waals surface area contributed by atoms with Crippen molar-refractivity contribution in [2.75, 3.05) is 0 Å². The second-order valence-corrected chi connectivity index (χ2v) is 4.66. The van der Waals surface area contributed by atoms with Crippen LogP contribution in [0.4, 0.5) is 4.79 Å². The van der Waals surface area contributed by atoms with Gasteiger partial charge in [-0.3, -0.25) is 4.79 Å². The highest BCUT2D eigenvalue weighted by molar-refractivity contribution is 6.01. The highest BCUT2D eigenvalue weighted by atomic mass is 16.5. The Hall–Kier alpha value is -2.62. The van der Waals surface area contributed by atoms with Crippen LogP contribution in [-0.2, 0) is 11.3 Å². The van der Waals surface area contributed by atoms with Gasteiger partial charge in [-0.25, -0.2) is 4.79 Å². The van der Waals surface area contributed by atoms with Crippen molar-refractivity contribution in [3.63, 3.8) is 0 Å². The molecule has 1 amide bonds. The number of ketones is 1. The molecule has 0 aliphatic carbocycles. The number of nitrogens with one attached hydrogen (secondary N) is 1. The molecule has 1 N–H and O–H groups in total. The minimum absolute atomic E-state index is 0.146. The van der Waals surface area contributed by atoms with E-state index in [0.717, 1.165) is 5.56 Å². The zero-order valence-corrected chi connectivity index (χ0v) is 11.8. The Labute approximate surface area is 123 Å². The lowest BCUT2D eigenvalue weighted by atomic mass is 10.1. The predicted octanol–water partition coefficient (Wildman–Crippen LogP) is 3.18. The zero-order chi connectivity index (χ0) is 15.1. The van der Waals surface area contributed by atoms with Gasteiger partial charge in [0.05, 0.1) is 6.04 Å². The van der Waals surface area contributed by atoms with Crippen LogP contribution in [0.1, 0.15) is 22.8 Å². The maximum Gasteiger partial charge on any atom is 0.408 e. The smallest absolute Gasteiger partial charge is 0.408 e. The molecule has 1 atom stereocenters. The summed E-state index contributed by atoms with van der Waals surface area (Å²) in [5, 5.41) is 2.54. The first-order chi connectivity index (χ1) is 10.2. The van der Waals surface area contributed by atoms with E-state index in [0.29, 0.717) is 5.56 Å². The van der Waals surface area contributed by atoms with Gasteiger partial charge in [-0.2, -0.15) is 0 Å². The molecule has 0 aromatic heterocycles. The molecule has 4 nitrogen and oxygen atoms in total. The number of hydrogen-bond acceptors (Lipinski definition) is 3. The average Bonchev–Trinajstić information content (AvgIpc) is 2.54. The Morgan fingerprint density at radius 3 is 2.19 bits per heavy atom. The molecule has 0 saturated carbocycles. The number of benzene rings is 2. The van der Waals surface area contributed by atoms with Gasteiger partial charge in [-0.15, -0.1) is 0 Å². The van der Waals surface area contributed by atoms with Gasteiger partial charge in [0.1, 0.15) is 6.61 Å². The fourth-order valence-corrected chi connectivity index (χ4v) is 1.86. The Morgan fingerprint density at radius 2 is 1.57 bits per heavy atom. The highest BCUT2D eigenvalue weighted by Crippen LogP contribution is 2.04. The molecule has 4 heteroatoms. The Morgan fingerprint density at radius 1 is 1.00 bits per heavy atom. The van der Waals surface area contributed by atoms with Crippen LogP contribution in [0.25, 0.3) is 0 Å².